The quantitative estimate of drug-likeness (QED) is 0.600. The van der Waals surface area contributed by atoms with E-state index in [2.05, 4.69) is 5.32 Å². The fourth-order valence-corrected chi connectivity index (χ4v) is 1.55. The van der Waals surface area contributed by atoms with Gasteiger partial charge < -0.3 is 15.8 Å². The van der Waals surface area contributed by atoms with Crippen LogP contribution in [0.2, 0.25) is 0 Å². The minimum Gasteiger partial charge on any atom is -0.466 e. The lowest BCUT2D eigenvalue weighted by Gasteiger charge is -2.06. The number of thiocarbonyl (C=S) groups is 1. The summed E-state index contributed by atoms with van der Waals surface area (Å²) >= 11 is 4.84. The smallest absolute Gasteiger partial charge is 0.307 e. The molecule has 0 fully saturated rings. The SMILES string of the molecule is CCOC(=O)CCNC(=O)c1cccc(C(N)=S)c1. The van der Waals surface area contributed by atoms with Crippen molar-refractivity contribution < 1.29 is 14.3 Å². The van der Waals surface area contributed by atoms with Gasteiger partial charge in [0.2, 0.25) is 0 Å². The van der Waals surface area contributed by atoms with E-state index >= 15 is 0 Å². The first kappa shape index (κ1) is 15.1. The summed E-state index contributed by atoms with van der Waals surface area (Å²) in [4.78, 5) is 23.1. The van der Waals surface area contributed by atoms with Crippen molar-refractivity contribution in [2.24, 2.45) is 5.73 Å². The highest BCUT2D eigenvalue weighted by molar-refractivity contribution is 7.80. The molecule has 0 heterocycles. The zero-order chi connectivity index (χ0) is 14.3. The van der Waals surface area contributed by atoms with Crippen LogP contribution in [0.15, 0.2) is 24.3 Å². The molecule has 1 aromatic carbocycles. The van der Waals surface area contributed by atoms with E-state index in [-0.39, 0.29) is 29.8 Å². The minimum absolute atomic E-state index is 0.147. The van der Waals surface area contributed by atoms with Crippen LogP contribution in [0.1, 0.15) is 29.3 Å². The summed E-state index contributed by atoms with van der Waals surface area (Å²) in [6, 6.07) is 6.70. The third-order valence-corrected chi connectivity index (χ3v) is 2.56. The summed E-state index contributed by atoms with van der Waals surface area (Å²) < 4.78 is 4.76. The lowest BCUT2D eigenvalue weighted by atomic mass is 10.1. The highest BCUT2D eigenvalue weighted by atomic mass is 32.1. The lowest BCUT2D eigenvalue weighted by Crippen LogP contribution is -2.26. The Balaban J connectivity index is 2.52. The van der Waals surface area contributed by atoms with E-state index in [1.54, 1.807) is 31.2 Å². The molecule has 102 valence electrons. The molecule has 0 radical (unpaired) electrons. The maximum atomic E-state index is 11.8. The minimum atomic E-state index is -0.334. The Morgan fingerprint density at radius 3 is 2.68 bits per heavy atom. The second-order valence-corrected chi connectivity index (χ2v) is 4.20. The van der Waals surface area contributed by atoms with Crippen LogP contribution in [-0.4, -0.2) is 30.0 Å². The summed E-state index contributed by atoms with van der Waals surface area (Å²) in [6.45, 7) is 2.30. The third kappa shape index (κ3) is 5.05. The molecular weight excluding hydrogens is 264 g/mol. The van der Waals surface area contributed by atoms with E-state index in [1.807, 2.05) is 0 Å². The second-order valence-electron chi connectivity index (χ2n) is 3.76. The molecule has 0 spiro atoms. The average Bonchev–Trinajstić information content (AvgIpc) is 2.39. The van der Waals surface area contributed by atoms with Crippen LogP contribution in [0.4, 0.5) is 0 Å². The monoisotopic (exact) mass is 280 g/mol. The molecule has 1 aromatic rings. The molecule has 0 unspecified atom stereocenters. The van der Waals surface area contributed by atoms with Gasteiger partial charge >= 0.3 is 5.97 Å². The highest BCUT2D eigenvalue weighted by Crippen LogP contribution is 2.05. The molecule has 0 bridgehead atoms. The second kappa shape index (κ2) is 7.48. The van der Waals surface area contributed by atoms with Crippen molar-refractivity contribution in [2.45, 2.75) is 13.3 Å². The van der Waals surface area contributed by atoms with E-state index in [4.69, 9.17) is 22.7 Å². The third-order valence-electron chi connectivity index (χ3n) is 2.33. The van der Waals surface area contributed by atoms with Gasteiger partial charge in [0, 0.05) is 17.7 Å². The van der Waals surface area contributed by atoms with Crippen LogP contribution < -0.4 is 11.1 Å². The zero-order valence-electron chi connectivity index (χ0n) is 10.6. The van der Waals surface area contributed by atoms with Crippen LogP contribution in [0.25, 0.3) is 0 Å². The van der Waals surface area contributed by atoms with Crippen molar-refractivity contribution >= 4 is 29.1 Å². The van der Waals surface area contributed by atoms with E-state index in [0.717, 1.165) is 0 Å². The Hall–Kier alpha value is -1.95. The number of nitrogens with two attached hydrogens (primary N) is 1. The first-order valence-corrected chi connectivity index (χ1v) is 6.29. The topological polar surface area (TPSA) is 81.4 Å². The fourth-order valence-electron chi connectivity index (χ4n) is 1.43. The number of nitrogens with one attached hydrogen (secondary N) is 1. The lowest BCUT2D eigenvalue weighted by molar-refractivity contribution is -0.142. The van der Waals surface area contributed by atoms with Crippen molar-refractivity contribution in [2.75, 3.05) is 13.2 Å². The van der Waals surface area contributed by atoms with Crippen molar-refractivity contribution in [1.82, 2.24) is 5.32 Å². The Labute approximate surface area is 117 Å². The normalized spacial score (nSPS) is 9.74. The van der Waals surface area contributed by atoms with Gasteiger partial charge in [-0.25, -0.2) is 0 Å². The van der Waals surface area contributed by atoms with Crippen molar-refractivity contribution in [3.63, 3.8) is 0 Å². The zero-order valence-corrected chi connectivity index (χ0v) is 11.5. The molecule has 19 heavy (non-hydrogen) atoms. The summed E-state index contributed by atoms with van der Waals surface area (Å²) in [5.74, 6) is -0.609. The highest BCUT2D eigenvalue weighted by Gasteiger charge is 2.08. The van der Waals surface area contributed by atoms with Crippen LogP contribution in [0.3, 0.4) is 0 Å². The van der Waals surface area contributed by atoms with Gasteiger partial charge in [-0.3, -0.25) is 9.59 Å². The molecule has 1 rings (SSSR count). The van der Waals surface area contributed by atoms with Crippen LogP contribution in [0, 0.1) is 0 Å². The molecule has 0 saturated carbocycles. The molecule has 0 atom stereocenters. The number of benzene rings is 1. The number of esters is 1. The predicted molar refractivity (Wildman–Crippen MR) is 75.9 cm³/mol. The summed E-state index contributed by atoms with van der Waals surface area (Å²) in [5, 5.41) is 2.63. The van der Waals surface area contributed by atoms with Gasteiger partial charge in [-0.2, -0.15) is 0 Å². The Kier molecular flexibility index (Phi) is 5.95. The van der Waals surface area contributed by atoms with Gasteiger partial charge in [0.25, 0.3) is 5.91 Å². The number of rotatable bonds is 6. The van der Waals surface area contributed by atoms with Crippen molar-refractivity contribution in [3.8, 4) is 0 Å². The van der Waals surface area contributed by atoms with E-state index in [1.165, 1.54) is 0 Å². The fraction of sp³-hybridized carbons (Fsp3) is 0.308. The molecule has 1 amide bonds. The van der Waals surface area contributed by atoms with E-state index in [0.29, 0.717) is 17.7 Å². The van der Waals surface area contributed by atoms with Crippen molar-refractivity contribution in [1.29, 1.82) is 0 Å². The number of amides is 1. The standard InChI is InChI=1S/C13H16N2O3S/c1-2-18-11(16)6-7-15-13(17)10-5-3-4-9(8-10)12(14)19/h3-5,8H,2,6-7H2,1H3,(H2,14,19)(H,15,17). The number of carbonyl (C=O) groups is 2. The number of ether oxygens (including phenoxy) is 1. The molecule has 0 aliphatic carbocycles. The number of hydrogen-bond donors (Lipinski definition) is 2. The Bertz CT molecular complexity index is 489. The molecule has 6 heteroatoms. The molecule has 3 N–H and O–H groups in total. The number of hydrogen-bond acceptors (Lipinski definition) is 4. The predicted octanol–water partition coefficient (Wildman–Crippen LogP) is 1.00. The van der Waals surface area contributed by atoms with Crippen LogP contribution in [0.5, 0.6) is 0 Å². The molecule has 0 saturated heterocycles. The van der Waals surface area contributed by atoms with Crippen LogP contribution >= 0.6 is 12.2 Å². The molecular formula is C13H16N2O3S. The van der Waals surface area contributed by atoms with Gasteiger partial charge in [-0.05, 0) is 19.1 Å². The van der Waals surface area contributed by atoms with Crippen LogP contribution in [-0.2, 0) is 9.53 Å². The molecule has 0 aromatic heterocycles. The van der Waals surface area contributed by atoms with Gasteiger partial charge in [0.1, 0.15) is 4.99 Å². The van der Waals surface area contributed by atoms with Gasteiger partial charge in [0.05, 0.1) is 13.0 Å². The largest absolute Gasteiger partial charge is 0.466 e. The number of carbonyl (C=O) groups excluding carboxylic acids is 2. The van der Waals surface area contributed by atoms with E-state index in [9.17, 15) is 9.59 Å². The maximum Gasteiger partial charge on any atom is 0.307 e. The average molecular weight is 280 g/mol. The first-order valence-electron chi connectivity index (χ1n) is 5.88. The Morgan fingerprint density at radius 1 is 1.37 bits per heavy atom. The summed E-state index contributed by atoms with van der Waals surface area (Å²) in [7, 11) is 0. The van der Waals surface area contributed by atoms with Gasteiger partial charge in [-0.15, -0.1) is 0 Å². The first-order chi connectivity index (χ1) is 9.04. The summed E-state index contributed by atoms with van der Waals surface area (Å²) in [5.41, 5.74) is 6.58. The van der Waals surface area contributed by atoms with Gasteiger partial charge in [0.15, 0.2) is 0 Å². The van der Waals surface area contributed by atoms with Gasteiger partial charge in [-0.1, -0.05) is 24.4 Å². The maximum absolute atomic E-state index is 11.8. The molecule has 0 aliphatic rings. The molecule has 5 nitrogen and oxygen atoms in total. The van der Waals surface area contributed by atoms with E-state index < -0.39 is 0 Å². The Morgan fingerprint density at radius 2 is 2.05 bits per heavy atom. The summed E-state index contributed by atoms with van der Waals surface area (Å²) in [6.07, 6.45) is 0.147. The molecule has 0 aliphatic heterocycles. The van der Waals surface area contributed by atoms with Crippen molar-refractivity contribution in [3.05, 3.63) is 35.4 Å².